The second-order valence-corrected chi connectivity index (χ2v) is 4.72. The van der Waals surface area contributed by atoms with Gasteiger partial charge in [0.15, 0.2) is 0 Å². The molecule has 0 radical (unpaired) electrons. The van der Waals surface area contributed by atoms with E-state index < -0.39 is 0 Å². The van der Waals surface area contributed by atoms with Crippen LogP contribution in [-0.4, -0.2) is 76.5 Å². The van der Waals surface area contributed by atoms with Crippen molar-refractivity contribution in [3.05, 3.63) is 24.4 Å². The number of rotatable bonds is 15. The van der Waals surface area contributed by atoms with Crippen LogP contribution < -0.4 is 0 Å². The van der Waals surface area contributed by atoms with Crippen LogP contribution in [0.1, 0.15) is 6.42 Å². The lowest BCUT2D eigenvalue weighted by atomic mass is 10.4. The van der Waals surface area contributed by atoms with Crippen LogP contribution in [-0.2, 0) is 28.5 Å². The molecule has 23 heavy (non-hydrogen) atoms. The number of allylic oxidation sites excluding steroid dienone is 1. The summed E-state index contributed by atoms with van der Waals surface area (Å²) in [6.07, 6.45) is 4.43. The van der Waals surface area contributed by atoms with Crippen molar-refractivity contribution in [3.8, 4) is 0 Å². The van der Waals surface area contributed by atoms with Gasteiger partial charge in [-0.15, -0.1) is 0 Å². The molecule has 1 amide bonds. The smallest absolute Gasteiger partial charge is 0.251 e. The molecule has 0 aromatic carbocycles. The molecule has 1 aliphatic rings. The van der Waals surface area contributed by atoms with Gasteiger partial charge in [0.2, 0.25) is 0 Å². The first kappa shape index (κ1) is 19.5. The first-order valence-electron chi connectivity index (χ1n) is 7.69. The van der Waals surface area contributed by atoms with Crippen LogP contribution >= 0.6 is 0 Å². The first-order chi connectivity index (χ1) is 11.3. The number of carbonyl (C=O) groups excluding carboxylic acids is 2. The van der Waals surface area contributed by atoms with Crippen molar-refractivity contribution in [1.29, 1.82) is 0 Å². The molecule has 1 rings (SSSR count). The number of nitrogens with zero attached hydrogens (tertiary/aromatic N) is 1. The number of aldehydes is 1. The van der Waals surface area contributed by atoms with E-state index in [2.05, 4.69) is 6.58 Å². The highest BCUT2D eigenvalue weighted by atomic mass is 16.6. The fraction of sp³-hybridized carbons (Fsp3) is 0.625. The molecule has 0 saturated heterocycles. The molecule has 130 valence electrons. The molecule has 1 aliphatic heterocycles. The normalized spacial score (nSPS) is 14.0. The third kappa shape index (κ3) is 9.25. The van der Waals surface area contributed by atoms with E-state index in [1.54, 1.807) is 11.0 Å². The summed E-state index contributed by atoms with van der Waals surface area (Å²) < 4.78 is 21.2. The highest BCUT2D eigenvalue weighted by Crippen LogP contribution is 2.11. The minimum atomic E-state index is -0.0536. The van der Waals surface area contributed by atoms with Crippen molar-refractivity contribution in [1.82, 2.24) is 4.90 Å². The van der Waals surface area contributed by atoms with E-state index in [0.29, 0.717) is 71.5 Å². The van der Waals surface area contributed by atoms with Gasteiger partial charge >= 0.3 is 0 Å². The summed E-state index contributed by atoms with van der Waals surface area (Å²) in [5.74, 6) is -0.0536. The molecule has 0 fully saturated rings. The molecule has 7 nitrogen and oxygen atoms in total. The zero-order chi connectivity index (χ0) is 16.8. The maximum Gasteiger partial charge on any atom is 0.251 e. The Kier molecular flexibility index (Phi) is 11.0. The van der Waals surface area contributed by atoms with Crippen LogP contribution in [0.5, 0.6) is 0 Å². The standard InChI is InChI=1S/C16H25NO6/c1-15-3-4-16(19)17(15)5-8-21-10-12-23-14-13-22-11-9-20-7-2-6-18/h3-4,6H,1-2,5,7-14H2. The quantitative estimate of drug-likeness (QED) is 0.323. The van der Waals surface area contributed by atoms with E-state index in [9.17, 15) is 9.59 Å². The zero-order valence-electron chi connectivity index (χ0n) is 13.4. The van der Waals surface area contributed by atoms with Crippen molar-refractivity contribution in [2.75, 3.05) is 59.4 Å². The molecule has 0 atom stereocenters. The van der Waals surface area contributed by atoms with Gasteiger partial charge in [0.05, 0.1) is 52.9 Å². The van der Waals surface area contributed by atoms with E-state index >= 15 is 0 Å². The molecule has 1 heterocycles. The van der Waals surface area contributed by atoms with Crippen LogP contribution in [0.3, 0.4) is 0 Å². The zero-order valence-corrected chi connectivity index (χ0v) is 13.4. The monoisotopic (exact) mass is 327 g/mol. The van der Waals surface area contributed by atoms with Crippen molar-refractivity contribution < 1.29 is 28.5 Å². The fourth-order valence-corrected chi connectivity index (χ4v) is 1.79. The Balaban J connectivity index is 1.77. The van der Waals surface area contributed by atoms with Crippen molar-refractivity contribution in [2.24, 2.45) is 0 Å². The molecular formula is C16H25NO6. The highest BCUT2D eigenvalue weighted by molar-refractivity contribution is 5.92. The maximum absolute atomic E-state index is 11.4. The van der Waals surface area contributed by atoms with Gasteiger partial charge < -0.3 is 28.6 Å². The summed E-state index contributed by atoms with van der Waals surface area (Å²) in [5, 5.41) is 0. The van der Waals surface area contributed by atoms with Gasteiger partial charge in [-0.2, -0.15) is 0 Å². The van der Waals surface area contributed by atoms with Crippen molar-refractivity contribution in [3.63, 3.8) is 0 Å². The lowest BCUT2D eigenvalue weighted by molar-refractivity contribution is -0.123. The lowest BCUT2D eigenvalue weighted by Gasteiger charge is -2.16. The Bertz CT molecular complexity index is 378. The molecule has 0 saturated carbocycles. The summed E-state index contributed by atoms with van der Waals surface area (Å²) in [5.41, 5.74) is 0.696. The number of hydrogen-bond donors (Lipinski definition) is 0. The van der Waals surface area contributed by atoms with Gasteiger partial charge in [0, 0.05) is 24.7 Å². The molecule has 0 aromatic rings. The summed E-state index contributed by atoms with van der Waals surface area (Å²) in [6, 6.07) is 0. The third-order valence-corrected chi connectivity index (χ3v) is 2.99. The molecular weight excluding hydrogens is 302 g/mol. The van der Waals surface area contributed by atoms with Crippen LogP contribution in [0.15, 0.2) is 24.4 Å². The summed E-state index contributed by atoms with van der Waals surface area (Å²) in [4.78, 5) is 23.0. The largest absolute Gasteiger partial charge is 0.379 e. The van der Waals surface area contributed by atoms with E-state index in [1.165, 1.54) is 6.08 Å². The predicted molar refractivity (Wildman–Crippen MR) is 84.0 cm³/mol. The molecule has 7 heteroatoms. The van der Waals surface area contributed by atoms with Crippen LogP contribution in [0.2, 0.25) is 0 Å². The van der Waals surface area contributed by atoms with Gasteiger partial charge in [0.25, 0.3) is 5.91 Å². The van der Waals surface area contributed by atoms with E-state index in [0.717, 1.165) is 6.29 Å². The summed E-state index contributed by atoms with van der Waals surface area (Å²) in [7, 11) is 0. The SMILES string of the molecule is C=C1C=CC(=O)N1CCOCCOCCOCCOCCC=O. The predicted octanol–water partition coefficient (Wildman–Crippen LogP) is 0.554. The van der Waals surface area contributed by atoms with Gasteiger partial charge in [0.1, 0.15) is 6.29 Å². The Morgan fingerprint density at radius 1 is 0.870 bits per heavy atom. The molecule has 0 spiro atoms. The number of ether oxygens (including phenoxy) is 4. The second-order valence-electron chi connectivity index (χ2n) is 4.72. The minimum Gasteiger partial charge on any atom is -0.379 e. The van der Waals surface area contributed by atoms with Crippen LogP contribution in [0, 0.1) is 0 Å². The summed E-state index contributed by atoms with van der Waals surface area (Å²) in [6.45, 7) is 8.05. The number of carbonyl (C=O) groups is 2. The number of amides is 1. The Morgan fingerprint density at radius 3 is 1.87 bits per heavy atom. The molecule has 0 bridgehead atoms. The van der Waals surface area contributed by atoms with E-state index in [-0.39, 0.29) is 5.91 Å². The van der Waals surface area contributed by atoms with Crippen molar-refractivity contribution in [2.45, 2.75) is 6.42 Å². The van der Waals surface area contributed by atoms with Gasteiger partial charge in [-0.25, -0.2) is 0 Å². The van der Waals surface area contributed by atoms with Gasteiger partial charge in [-0.1, -0.05) is 6.58 Å². The molecule has 0 unspecified atom stereocenters. The van der Waals surface area contributed by atoms with Crippen molar-refractivity contribution >= 4 is 12.2 Å². The topological polar surface area (TPSA) is 74.3 Å². The molecule has 0 N–H and O–H groups in total. The molecule has 0 aromatic heterocycles. The van der Waals surface area contributed by atoms with Crippen LogP contribution in [0.25, 0.3) is 0 Å². The van der Waals surface area contributed by atoms with E-state index in [1.807, 2.05) is 0 Å². The van der Waals surface area contributed by atoms with Gasteiger partial charge in [-0.3, -0.25) is 4.79 Å². The third-order valence-electron chi connectivity index (χ3n) is 2.99. The van der Waals surface area contributed by atoms with E-state index in [4.69, 9.17) is 18.9 Å². The Labute approximate surface area is 136 Å². The lowest BCUT2D eigenvalue weighted by Crippen LogP contribution is -2.28. The average Bonchev–Trinajstić information content (AvgIpc) is 2.86. The first-order valence-corrected chi connectivity index (χ1v) is 7.69. The highest BCUT2D eigenvalue weighted by Gasteiger charge is 2.17. The fourth-order valence-electron chi connectivity index (χ4n) is 1.79. The Morgan fingerprint density at radius 2 is 1.39 bits per heavy atom. The number of hydrogen-bond acceptors (Lipinski definition) is 6. The Hall–Kier alpha value is -1.54. The minimum absolute atomic E-state index is 0.0536. The second kappa shape index (κ2) is 13.0. The summed E-state index contributed by atoms with van der Waals surface area (Å²) >= 11 is 0. The average molecular weight is 327 g/mol. The molecule has 0 aliphatic carbocycles. The van der Waals surface area contributed by atoms with Crippen LogP contribution in [0.4, 0.5) is 0 Å². The van der Waals surface area contributed by atoms with Gasteiger partial charge in [-0.05, 0) is 6.08 Å². The maximum atomic E-state index is 11.4.